The highest BCUT2D eigenvalue weighted by Crippen LogP contribution is 2.26. The summed E-state index contributed by atoms with van der Waals surface area (Å²) in [7, 11) is 0. The fourth-order valence-electron chi connectivity index (χ4n) is 2.33. The predicted octanol–water partition coefficient (Wildman–Crippen LogP) is 3.57. The Morgan fingerprint density at radius 2 is 2.19 bits per heavy atom. The smallest absolute Gasteiger partial charge is 0.258 e. The van der Waals surface area contributed by atoms with Crippen LogP contribution >= 0.6 is 11.3 Å². The van der Waals surface area contributed by atoms with Crippen molar-refractivity contribution in [2.24, 2.45) is 0 Å². The number of rotatable bonds is 3. The zero-order valence-corrected chi connectivity index (χ0v) is 12.1. The molecule has 0 saturated carbocycles. The van der Waals surface area contributed by atoms with E-state index in [1.807, 2.05) is 18.2 Å². The molecule has 0 aliphatic heterocycles. The second kappa shape index (κ2) is 4.82. The molecule has 0 radical (unpaired) electrons. The van der Waals surface area contributed by atoms with Crippen LogP contribution in [0.2, 0.25) is 0 Å². The first-order chi connectivity index (χ1) is 10.3. The van der Waals surface area contributed by atoms with E-state index in [1.54, 1.807) is 17.5 Å². The van der Waals surface area contributed by atoms with E-state index in [0.717, 1.165) is 16.5 Å². The zero-order valence-electron chi connectivity index (χ0n) is 11.3. The molecular weight excluding hydrogens is 284 g/mol. The first-order valence-electron chi connectivity index (χ1n) is 6.60. The van der Waals surface area contributed by atoms with E-state index in [1.165, 1.54) is 9.75 Å². The lowest BCUT2D eigenvalue weighted by atomic mass is 10.1. The van der Waals surface area contributed by atoms with E-state index in [-0.39, 0.29) is 0 Å². The summed E-state index contributed by atoms with van der Waals surface area (Å²) in [4.78, 5) is 7.03. The number of H-pyrrole nitrogens is 1. The molecular formula is C15H12N4OS. The van der Waals surface area contributed by atoms with Crippen LogP contribution in [-0.2, 0) is 6.42 Å². The largest absolute Gasteiger partial charge is 0.334 e. The van der Waals surface area contributed by atoms with Gasteiger partial charge in [-0.05, 0) is 31.2 Å². The Balaban J connectivity index is 1.69. The van der Waals surface area contributed by atoms with Gasteiger partial charge in [0, 0.05) is 21.6 Å². The van der Waals surface area contributed by atoms with Crippen LogP contribution < -0.4 is 0 Å². The molecule has 0 bridgehead atoms. The second-order valence-corrected chi connectivity index (χ2v) is 6.21. The van der Waals surface area contributed by atoms with E-state index in [4.69, 9.17) is 4.52 Å². The summed E-state index contributed by atoms with van der Waals surface area (Å²) < 4.78 is 5.41. The molecule has 0 amide bonds. The van der Waals surface area contributed by atoms with Gasteiger partial charge in [-0.1, -0.05) is 11.2 Å². The van der Waals surface area contributed by atoms with Crippen molar-refractivity contribution in [3.63, 3.8) is 0 Å². The van der Waals surface area contributed by atoms with Gasteiger partial charge in [0.2, 0.25) is 0 Å². The molecule has 1 aromatic carbocycles. The normalized spacial score (nSPS) is 11.3. The molecule has 0 fully saturated rings. The molecule has 4 aromatic rings. The van der Waals surface area contributed by atoms with Gasteiger partial charge in [-0.2, -0.15) is 10.1 Å². The summed E-state index contributed by atoms with van der Waals surface area (Å²) in [6, 6.07) is 10.1. The van der Waals surface area contributed by atoms with Gasteiger partial charge in [-0.25, -0.2) is 0 Å². The Morgan fingerprint density at radius 1 is 1.24 bits per heavy atom. The Bertz CT molecular complexity index is 905. The fourth-order valence-corrected chi connectivity index (χ4v) is 3.21. The number of aromatic nitrogens is 4. The van der Waals surface area contributed by atoms with Crippen molar-refractivity contribution in [1.82, 2.24) is 20.3 Å². The van der Waals surface area contributed by atoms with Gasteiger partial charge >= 0.3 is 0 Å². The summed E-state index contributed by atoms with van der Waals surface area (Å²) in [5, 5.41) is 12.1. The maximum atomic E-state index is 5.41. The van der Waals surface area contributed by atoms with E-state index < -0.39 is 0 Å². The molecule has 0 atom stereocenters. The minimum atomic E-state index is 0.533. The number of fused-ring (bicyclic) bond motifs is 1. The van der Waals surface area contributed by atoms with Crippen molar-refractivity contribution >= 4 is 22.2 Å². The van der Waals surface area contributed by atoms with Crippen LogP contribution in [0.25, 0.3) is 22.4 Å². The zero-order chi connectivity index (χ0) is 14.2. The molecule has 0 saturated heterocycles. The quantitative estimate of drug-likeness (QED) is 0.627. The summed E-state index contributed by atoms with van der Waals surface area (Å²) >= 11 is 1.75. The molecule has 0 aliphatic rings. The monoisotopic (exact) mass is 296 g/mol. The van der Waals surface area contributed by atoms with Crippen LogP contribution in [0.3, 0.4) is 0 Å². The Hall–Kier alpha value is -2.47. The fraction of sp³-hybridized carbons (Fsp3) is 0.133. The lowest BCUT2D eigenvalue weighted by Gasteiger charge is -1.95. The third kappa shape index (κ3) is 2.23. The summed E-state index contributed by atoms with van der Waals surface area (Å²) in [6.45, 7) is 2.09. The first-order valence-corrected chi connectivity index (χ1v) is 7.41. The maximum Gasteiger partial charge on any atom is 0.258 e. The molecule has 21 heavy (non-hydrogen) atoms. The van der Waals surface area contributed by atoms with Gasteiger partial charge in [0.15, 0.2) is 5.82 Å². The van der Waals surface area contributed by atoms with Crippen molar-refractivity contribution in [2.45, 2.75) is 13.3 Å². The lowest BCUT2D eigenvalue weighted by molar-refractivity contribution is 0.424. The number of hydrogen-bond acceptors (Lipinski definition) is 5. The number of thiophene rings is 1. The minimum absolute atomic E-state index is 0.533. The predicted molar refractivity (Wildman–Crippen MR) is 81.2 cm³/mol. The Labute approximate surface area is 124 Å². The second-order valence-electron chi connectivity index (χ2n) is 4.84. The summed E-state index contributed by atoms with van der Waals surface area (Å²) in [5.41, 5.74) is 1.86. The lowest BCUT2D eigenvalue weighted by Crippen LogP contribution is -1.87. The van der Waals surface area contributed by atoms with Gasteiger partial charge in [-0.3, -0.25) is 5.10 Å². The van der Waals surface area contributed by atoms with E-state index in [2.05, 4.69) is 39.4 Å². The first kappa shape index (κ1) is 12.3. The highest BCUT2D eigenvalue weighted by atomic mass is 32.1. The average molecular weight is 296 g/mol. The molecule has 3 heterocycles. The van der Waals surface area contributed by atoms with Crippen molar-refractivity contribution in [3.8, 4) is 11.5 Å². The van der Waals surface area contributed by atoms with Crippen LogP contribution in [0.5, 0.6) is 0 Å². The number of nitrogens with zero attached hydrogens (tertiary/aromatic N) is 3. The molecule has 104 valence electrons. The van der Waals surface area contributed by atoms with Crippen LogP contribution in [-0.4, -0.2) is 20.3 Å². The van der Waals surface area contributed by atoms with Gasteiger partial charge in [0.25, 0.3) is 5.89 Å². The van der Waals surface area contributed by atoms with E-state index in [9.17, 15) is 0 Å². The van der Waals surface area contributed by atoms with Crippen molar-refractivity contribution in [2.75, 3.05) is 0 Å². The van der Waals surface area contributed by atoms with Gasteiger partial charge < -0.3 is 4.52 Å². The third-order valence-corrected chi connectivity index (χ3v) is 4.31. The van der Waals surface area contributed by atoms with Crippen LogP contribution in [0.4, 0.5) is 0 Å². The molecule has 3 aromatic heterocycles. The van der Waals surface area contributed by atoms with E-state index >= 15 is 0 Å². The Kier molecular flexibility index (Phi) is 2.82. The highest BCUT2D eigenvalue weighted by Gasteiger charge is 2.13. The number of aryl methyl sites for hydroxylation is 1. The summed E-state index contributed by atoms with van der Waals surface area (Å²) in [6.07, 6.45) is 2.47. The standard InChI is InChI=1S/C15H12N4OS/c1-9-5-6-10(21-9)7-14-17-15(20-19-14)11-3-2-4-13-12(11)8-16-18-13/h2-6,8H,7H2,1H3,(H,16,18). The molecule has 6 heteroatoms. The average Bonchev–Trinajstić information content (AvgIpc) is 3.19. The maximum absolute atomic E-state index is 5.41. The number of benzene rings is 1. The number of hydrogen-bond donors (Lipinski definition) is 1. The minimum Gasteiger partial charge on any atom is -0.334 e. The number of aromatic amines is 1. The topological polar surface area (TPSA) is 67.6 Å². The molecule has 5 nitrogen and oxygen atoms in total. The van der Waals surface area contributed by atoms with Gasteiger partial charge in [0.05, 0.1) is 17.3 Å². The van der Waals surface area contributed by atoms with Crippen LogP contribution in [0, 0.1) is 6.92 Å². The SMILES string of the molecule is Cc1ccc(Cc2noc(-c3cccc4[nH]ncc34)n2)s1. The van der Waals surface area contributed by atoms with Crippen molar-refractivity contribution in [1.29, 1.82) is 0 Å². The van der Waals surface area contributed by atoms with Crippen LogP contribution in [0.1, 0.15) is 15.6 Å². The third-order valence-electron chi connectivity index (χ3n) is 3.31. The van der Waals surface area contributed by atoms with Gasteiger partial charge in [0.1, 0.15) is 0 Å². The van der Waals surface area contributed by atoms with Gasteiger partial charge in [-0.15, -0.1) is 11.3 Å². The van der Waals surface area contributed by atoms with Crippen molar-refractivity contribution < 1.29 is 4.52 Å². The molecule has 0 unspecified atom stereocenters. The van der Waals surface area contributed by atoms with Crippen LogP contribution in [0.15, 0.2) is 41.1 Å². The van der Waals surface area contributed by atoms with Crippen molar-refractivity contribution in [3.05, 3.63) is 52.1 Å². The summed E-state index contributed by atoms with van der Waals surface area (Å²) in [5.74, 6) is 1.23. The molecule has 1 N–H and O–H groups in total. The molecule has 4 rings (SSSR count). The Morgan fingerprint density at radius 3 is 3.05 bits per heavy atom. The van der Waals surface area contributed by atoms with E-state index in [0.29, 0.717) is 18.1 Å². The molecule has 0 spiro atoms. The molecule has 0 aliphatic carbocycles. The highest BCUT2D eigenvalue weighted by molar-refractivity contribution is 7.11. The number of nitrogens with one attached hydrogen (secondary N) is 1.